The van der Waals surface area contributed by atoms with Crippen LogP contribution >= 0.6 is 0 Å². The largest absolute Gasteiger partial charge is 0.464 e. The summed E-state index contributed by atoms with van der Waals surface area (Å²) in [6, 6.07) is 10.6. The number of benzene rings is 2. The van der Waals surface area contributed by atoms with Gasteiger partial charge in [-0.3, -0.25) is 19.3 Å². The number of nitrogens with one attached hydrogen (secondary N) is 1. The first-order chi connectivity index (χ1) is 12.4. The molecule has 3 amide bonds. The maximum absolute atomic E-state index is 12.4. The van der Waals surface area contributed by atoms with E-state index < -0.39 is 0 Å². The number of nitrogens with zero attached hydrogens (tertiary/aromatic N) is 1. The van der Waals surface area contributed by atoms with Crippen LogP contribution in [0.15, 0.2) is 47.1 Å². The minimum atomic E-state index is -0.364. The molecule has 0 unspecified atom stereocenters. The van der Waals surface area contributed by atoms with E-state index in [1.165, 1.54) is 13.1 Å². The van der Waals surface area contributed by atoms with Crippen molar-refractivity contribution in [2.24, 2.45) is 0 Å². The number of aryl methyl sites for hydroxylation is 1. The van der Waals surface area contributed by atoms with E-state index in [1.807, 2.05) is 25.1 Å². The van der Waals surface area contributed by atoms with E-state index in [-0.39, 0.29) is 24.1 Å². The molecule has 0 fully saturated rings. The highest BCUT2D eigenvalue weighted by Crippen LogP contribution is 2.26. The van der Waals surface area contributed by atoms with Crippen molar-refractivity contribution in [3.05, 3.63) is 64.9 Å². The zero-order valence-corrected chi connectivity index (χ0v) is 14.3. The Balaban J connectivity index is 1.54. The number of imide groups is 1. The lowest BCUT2D eigenvalue weighted by atomic mass is 10.1. The first-order valence-corrected chi connectivity index (χ1v) is 8.17. The van der Waals surface area contributed by atoms with E-state index in [0.29, 0.717) is 16.8 Å². The predicted molar refractivity (Wildman–Crippen MR) is 96.2 cm³/mol. The van der Waals surface area contributed by atoms with Crippen LogP contribution in [0.2, 0.25) is 0 Å². The fourth-order valence-corrected chi connectivity index (χ4v) is 3.14. The van der Waals surface area contributed by atoms with Crippen molar-refractivity contribution in [3.8, 4) is 0 Å². The van der Waals surface area contributed by atoms with Crippen LogP contribution in [0.3, 0.4) is 0 Å². The summed E-state index contributed by atoms with van der Waals surface area (Å²) in [6.45, 7) is 1.98. The van der Waals surface area contributed by atoms with E-state index in [4.69, 9.17) is 4.42 Å². The van der Waals surface area contributed by atoms with Crippen LogP contribution in [0.25, 0.3) is 11.0 Å². The summed E-state index contributed by atoms with van der Waals surface area (Å²) in [5.74, 6) is -0.918. The van der Waals surface area contributed by atoms with Gasteiger partial charge >= 0.3 is 0 Å². The summed E-state index contributed by atoms with van der Waals surface area (Å²) >= 11 is 0. The third-order valence-corrected chi connectivity index (χ3v) is 4.54. The minimum Gasteiger partial charge on any atom is -0.464 e. The molecule has 2 aromatic carbocycles. The summed E-state index contributed by atoms with van der Waals surface area (Å²) in [6.07, 6.45) is 1.74. The van der Waals surface area contributed by atoms with Crippen molar-refractivity contribution >= 4 is 34.4 Å². The molecule has 0 radical (unpaired) electrons. The zero-order chi connectivity index (χ0) is 18.4. The second-order valence-electron chi connectivity index (χ2n) is 6.42. The lowest BCUT2D eigenvalue weighted by molar-refractivity contribution is -0.115. The van der Waals surface area contributed by atoms with E-state index in [2.05, 4.69) is 5.32 Å². The molecule has 3 aromatic rings. The minimum absolute atomic E-state index is 0.153. The summed E-state index contributed by atoms with van der Waals surface area (Å²) in [5, 5.41) is 3.68. The molecule has 0 spiro atoms. The van der Waals surface area contributed by atoms with Crippen LogP contribution < -0.4 is 5.32 Å². The second-order valence-corrected chi connectivity index (χ2v) is 6.42. The molecule has 0 bridgehead atoms. The van der Waals surface area contributed by atoms with E-state index in [1.54, 1.807) is 18.4 Å². The molecule has 1 aromatic heterocycles. The van der Waals surface area contributed by atoms with Crippen molar-refractivity contribution in [3.63, 3.8) is 0 Å². The molecule has 6 nitrogen and oxygen atoms in total. The maximum atomic E-state index is 12.4. The Hall–Kier alpha value is -3.41. The molecule has 1 aliphatic heterocycles. The molecule has 4 rings (SSSR count). The number of hydrogen-bond donors (Lipinski definition) is 1. The molecular weight excluding hydrogens is 332 g/mol. The molecule has 0 saturated heterocycles. The summed E-state index contributed by atoms with van der Waals surface area (Å²) in [5.41, 5.74) is 3.77. The third kappa shape index (κ3) is 2.56. The zero-order valence-electron chi connectivity index (χ0n) is 14.3. The molecule has 1 aliphatic rings. The van der Waals surface area contributed by atoms with Gasteiger partial charge in [0.1, 0.15) is 5.58 Å². The van der Waals surface area contributed by atoms with Crippen LogP contribution in [-0.4, -0.2) is 29.7 Å². The van der Waals surface area contributed by atoms with Crippen LogP contribution in [0, 0.1) is 6.92 Å². The van der Waals surface area contributed by atoms with Gasteiger partial charge in [-0.2, -0.15) is 0 Å². The summed E-state index contributed by atoms with van der Waals surface area (Å²) in [7, 11) is 1.44. The van der Waals surface area contributed by atoms with E-state index in [0.717, 1.165) is 27.0 Å². The van der Waals surface area contributed by atoms with Crippen molar-refractivity contribution < 1.29 is 18.8 Å². The van der Waals surface area contributed by atoms with E-state index in [9.17, 15) is 14.4 Å². The van der Waals surface area contributed by atoms with Crippen molar-refractivity contribution in [1.29, 1.82) is 0 Å². The highest BCUT2D eigenvalue weighted by atomic mass is 16.3. The highest BCUT2D eigenvalue weighted by Gasteiger charge is 2.32. The SMILES string of the molecule is Cc1ccc2c(CC(=O)Nc3ccc4c(c3)C(=O)N(C)C4=O)coc2c1. The van der Waals surface area contributed by atoms with Gasteiger partial charge in [-0.15, -0.1) is 0 Å². The number of fused-ring (bicyclic) bond motifs is 2. The molecule has 26 heavy (non-hydrogen) atoms. The van der Waals surface area contributed by atoms with Gasteiger partial charge in [0.05, 0.1) is 23.8 Å². The van der Waals surface area contributed by atoms with Gasteiger partial charge < -0.3 is 9.73 Å². The van der Waals surface area contributed by atoms with Crippen LogP contribution in [0.5, 0.6) is 0 Å². The maximum Gasteiger partial charge on any atom is 0.261 e. The Bertz CT molecular complexity index is 1080. The van der Waals surface area contributed by atoms with Gasteiger partial charge in [0.2, 0.25) is 5.91 Å². The number of anilines is 1. The number of furan rings is 1. The first kappa shape index (κ1) is 16.1. The molecule has 1 N–H and O–H groups in total. The average Bonchev–Trinajstić information content (AvgIpc) is 3.09. The summed E-state index contributed by atoms with van der Waals surface area (Å²) in [4.78, 5) is 37.4. The van der Waals surface area contributed by atoms with Crippen molar-refractivity contribution in [1.82, 2.24) is 4.90 Å². The molecule has 2 heterocycles. The summed E-state index contributed by atoms with van der Waals surface area (Å²) < 4.78 is 5.51. The third-order valence-electron chi connectivity index (χ3n) is 4.54. The van der Waals surface area contributed by atoms with Gasteiger partial charge in [0.15, 0.2) is 0 Å². The van der Waals surface area contributed by atoms with Crippen molar-refractivity contribution in [2.75, 3.05) is 12.4 Å². The predicted octanol–water partition coefficient (Wildman–Crippen LogP) is 3.15. The first-order valence-electron chi connectivity index (χ1n) is 8.17. The lowest BCUT2D eigenvalue weighted by Gasteiger charge is -2.06. The van der Waals surface area contributed by atoms with E-state index >= 15 is 0 Å². The quantitative estimate of drug-likeness (QED) is 0.738. The normalized spacial score (nSPS) is 13.4. The molecule has 0 saturated carbocycles. The number of rotatable bonds is 3. The molecular formula is C20H16N2O4. The topological polar surface area (TPSA) is 79.6 Å². The van der Waals surface area contributed by atoms with Gasteiger partial charge in [-0.05, 0) is 36.8 Å². The number of hydrogen-bond acceptors (Lipinski definition) is 4. The highest BCUT2D eigenvalue weighted by molar-refractivity contribution is 6.21. The lowest BCUT2D eigenvalue weighted by Crippen LogP contribution is -2.24. The number of amides is 3. The van der Waals surface area contributed by atoms with Crippen LogP contribution in [0.4, 0.5) is 5.69 Å². The number of carbonyl (C=O) groups excluding carboxylic acids is 3. The average molecular weight is 348 g/mol. The monoisotopic (exact) mass is 348 g/mol. The fourth-order valence-electron chi connectivity index (χ4n) is 3.14. The fraction of sp³-hybridized carbons (Fsp3) is 0.150. The molecule has 0 atom stereocenters. The molecule has 6 heteroatoms. The Morgan fingerprint density at radius 1 is 1.08 bits per heavy atom. The van der Waals surface area contributed by atoms with Gasteiger partial charge in [0.25, 0.3) is 11.8 Å². The number of carbonyl (C=O) groups is 3. The van der Waals surface area contributed by atoms with Crippen molar-refractivity contribution in [2.45, 2.75) is 13.3 Å². The Morgan fingerprint density at radius 3 is 2.65 bits per heavy atom. The molecule has 130 valence electrons. The smallest absolute Gasteiger partial charge is 0.261 e. The van der Waals surface area contributed by atoms with Crippen LogP contribution in [0.1, 0.15) is 31.8 Å². The standard InChI is InChI=1S/C20H16N2O4/c1-11-3-5-14-12(10-26-17(14)7-11)8-18(23)21-13-4-6-15-16(9-13)20(25)22(2)19(15)24/h3-7,9-10H,8H2,1-2H3,(H,21,23). The van der Waals surface area contributed by atoms with Gasteiger partial charge in [0, 0.05) is 23.7 Å². The Kier molecular flexibility index (Phi) is 3.61. The van der Waals surface area contributed by atoms with Crippen LogP contribution in [-0.2, 0) is 11.2 Å². The Labute approximate surface area is 149 Å². The Morgan fingerprint density at radius 2 is 1.85 bits per heavy atom. The second kappa shape index (κ2) is 5.84. The molecule has 0 aliphatic carbocycles. The van der Waals surface area contributed by atoms with Gasteiger partial charge in [-0.1, -0.05) is 12.1 Å². The van der Waals surface area contributed by atoms with Gasteiger partial charge in [-0.25, -0.2) is 0 Å².